The molecule has 5 nitrogen and oxygen atoms in total. The molecule has 1 N–H and O–H groups in total. The summed E-state index contributed by atoms with van der Waals surface area (Å²) in [7, 11) is 0. The summed E-state index contributed by atoms with van der Waals surface area (Å²) in [6.07, 6.45) is 0. The van der Waals surface area contributed by atoms with Gasteiger partial charge in [0, 0.05) is 43.4 Å². The predicted octanol–water partition coefficient (Wildman–Crippen LogP) is 4.25. The van der Waals surface area contributed by atoms with Gasteiger partial charge in [0.05, 0.1) is 6.04 Å². The van der Waals surface area contributed by atoms with Gasteiger partial charge in [-0.15, -0.1) is 0 Å². The third kappa shape index (κ3) is 5.64. The molecule has 1 aliphatic heterocycles. The number of carbonyl (C=O) groups excluding carboxylic acids is 1. The first-order valence-electron chi connectivity index (χ1n) is 10.4. The molecule has 6 heteroatoms. The molecule has 0 spiro atoms. The highest BCUT2D eigenvalue weighted by Crippen LogP contribution is 2.22. The summed E-state index contributed by atoms with van der Waals surface area (Å²) in [6.45, 7) is 9.87. The highest BCUT2D eigenvalue weighted by molar-refractivity contribution is 6.30. The fourth-order valence-corrected chi connectivity index (χ4v) is 4.12. The Morgan fingerprint density at radius 1 is 1.03 bits per heavy atom. The minimum absolute atomic E-state index is 0.0174. The molecule has 1 heterocycles. The molecule has 2 aromatic rings. The fourth-order valence-electron chi connectivity index (χ4n) is 3.93. The van der Waals surface area contributed by atoms with Crippen LogP contribution < -0.4 is 10.2 Å². The number of urea groups is 1. The Morgan fingerprint density at radius 3 is 2.34 bits per heavy atom. The van der Waals surface area contributed by atoms with Crippen molar-refractivity contribution in [3.63, 3.8) is 0 Å². The second kappa shape index (κ2) is 10.5. The largest absolute Gasteiger partial charge is 0.368 e. The van der Waals surface area contributed by atoms with Crippen LogP contribution in [0.2, 0.25) is 5.02 Å². The van der Waals surface area contributed by atoms with Gasteiger partial charge in [-0.3, -0.25) is 4.90 Å². The molecule has 1 unspecified atom stereocenters. The van der Waals surface area contributed by atoms with E-state index in [9.17, 15) is 4.79 Å². The van der Waals surface area contributed by atoms with Crippen molar-refractivity contribution >= 4 is 23.3 Å². The van der Waals surface area contributed by atoms with Gasteiger partial charge in [0.15, 0.2) is 0 Å². The maximum atomic E-state index is 12.8. The number of benzene rings is 2. The van der Waals surface area contributed by atoms with Crippen LogP contribution in [0.4, 0.5) is 10.5 Å². The van der Waals surface area contributed by atoms with E-state index in [-0.39, 0.29) is 12.1 Å². The highest BCUT2D eigenvalue weighted by Gasteiger charge is 2.23. The number of piperazine rings is 1. The summed E-state index contributed by atoms with van der Waals surface area (Å²) in [5.74, 6) is 0. The van der Waals surface area contributed by atoms with Crippen molar-refractivity contribution in [3.05, 3.63) is 65.2 Å². The van der Waals surface area contributed by atoms with Crippen molar-refractivity contribution in [3.8, 4) is 0 Å². The Bertz CT molecular complexity index is 773. The summed E-state index contributed by atoms with van der Waals surface area (Å²) in [5.41, 5.74) is 2.35. The average Bonchev–Trinajstić information content (AvgIpc) is 2.77. The SMILES string of the molecule is CCN(CC)C(CNC(=O)N1CCN(c2cccc(Cl)c2)CC1)c1ccccc1. The molecular weight excluding hydrogens is 384 g/mol. The van der Waals surface area contributed by atoms with Crippen LogP contribution in [0.15, 0.2) is 54.6 Å². The molecule has 2 aromatic carbocycles. The standard InChI is InChI=1S/C23H31ClN4O/c1-3-26(4-2)22(19-9-6-5-7-10-19)18-25-23(29)28-15-13-27(14-16-28)21-12-8-11-20(24)17-21/h5-12,17,22H,3-4,13-16,18H2,1-2H3,(H,25,29). The molecule has 0 bridgehead atoms. The zero-order valence-corrected chi connectivity index (χ0v) is 18.1. The van der Waals surface area contributed by atoms with Crippen LogP contribution in [0.1, 0.15) is 25.5 Å². The Kier molecular flexibility index (Phi) is 7.78. The first-order valence-corrected chi connectivity index (χ1v) is 10.8. The molecule has 1 saturated heterocycles. The van der Waals surface area contributed by atoms with E-state index in [0.29, 0.717) is 19.6 Å². The lowest BCUT2D eigenvalue weighted by molar-refractivity contribution is 0.180. The minimum Gasteiger partial charge on any atom is -0.368 e. The Hall–Kier alpha value is -2.24. The van der Waals surface area contributed by atoms with E-state index < -0.39 is 0 Å². The number of rotatable bonds is 7. The van der Waals surface area contributed by atoms with Crippen LogP contribution in [0, 0.1) is 0 Å². The maximum absolute atomic E-state index is 12.8. The zero-order valence-electron chi connectivity index (χ0n) is 17.4. The van der Waals surface area contributed by atoms with Gasteiger partial charge in [-0.1, -0.05) is 61.8 Å². The van der Waals surface area contributed by atoms with E-state index in [1.165, 1.54) is 5.56 Å². The topological polar surface area (TPSA) is 38.8 Å². The van der Waals surface area contributed by atoms with Gasteiger partial charge in [0.2, 0.25) is 0 Å². The Balaban J connectivity index is 1.55. The first kappa shape index (κ1) is 21.5. The normalized spacial score (nSPS) is 15.4. The van der Waals surface area contributed by atoms with Gasteiger partial charge < -0.3 is 15.1 Å². The lowest BCUT2D eigenvalue weighted by Gasteiger charge is -2.37. The Morgan fingerprint density at radius 2 is 1.72 bits per heavy atom. The van der Waals surface area contributed by atoms with Crippen LogP contribution in [0.5, 0.6) is 0 Å². The predicted molar refractivity (Wildman–Crippen MR) is 121 cm³/mol. The van der Waals surface area contributed by atoms with E-state index in [4.69, 9.17) is 11.6 Å². The zero-order chi connectivity index (χ0) is 20.6. The van der Waals surface area contributed by atoms with Gasteiger partial charge in [0.1, 0.15) is 0 Å². The van der Waals surface area contributed by atoms with Crippen LogP contribution in [0.3, 0.4) is 0 Å². The Labute approximate surface area is 179 Å². The van der Waals surface area contributed by atoms with Crippen LogP contribution in [-0.2, 0) is 0 Å². The average molecular weight is 415 g/mol. The minimum atomic E-state index is 0.0174. The highest BCUT2D eigenvalue weighted by atomic mass is 35.5. The molecule has 29 heavy (non-hydrogen) atoms. The molecule has 0 aliphatic carbocycles. The molecular formula is C23H31ClN4O. The van der Waals surface area contributed by atoms with E-state index >= 15 is 0 Å². The van der Waals surface area contributed by atoms with Crippen molar-refractivity contribution in [2.75, 3.05) is 50.7 Å². The summed E-state index contributed by atoms with van der Waals surface area (Å²) in [6, 6.07) is 18.5. The monoisotopic (exact) mass is 414 g/mol. The second-order valence-electron chi connectivity index (χ2n) is 7.29. The summed E-state index contributed by atoms with van der Waals surface area (Å²) >= 11 is 6.11. The maximum Gasteiger partial charge on any atom is 0.317 e. The quantitative estimate of drug-likeness (QED) is 0.735. The van der Waals surface area contributed by atoms with Gasteiger partial charge in [-0.2, -0.15) is 0 Å². The van der Waals surface area contributed by atoms with Crippen molar-refractivity contribution < 1.29 is 4.79 Å². The third-order valence-corrected chi connectivity index (χ3v) is 5.86. The van der Waals surface area contributed by atoms with Crippen LogP contribution in [0.25, 0.3) is 0 Å². The lowest BCUT2D eigenvalue weighted by Crippen LogP contribution is -2.52. The molecule has 3 rings (SSSR count). The molecule has 0 saturated carbocycles. The van der Waals surface area contributed by atoms with Gasteiger partial charge in [-0.25, -0.2) is 4.79 Å². The molecule has 1 atom stereocenters. The molecule has 0 radical (unpaired) electrons. The van der Waals surface area contributed by atoms with Crippen molar-refractivity contribution in [1.82, 2.24) is 15.1 Å². The molecule has 0 aromatic heterocycles. The number of hydrogen-bond acceptors (Lipinski definition) is 3. The number of amides is 2. The van der Waals surface area contributed by atoms with E-state index in [1.54, 1.807) is 0 Å². The molecule has 1 fully saturated rings. The lowest BCUT2D eigenvalue weighted by atomic mass is 10.1. The molecule has 2 amide bonds. The number of likely N-dealkylation sites (N-methyl/N-ethyl adjacent to an activating group) is 1. The first-order chi connectivity index (χ1) is 14.1. The van der Waals surface area contributed by atoms with Crippen molar-refractivity contribution in [1.29, 1.82) is 0 Å². The van der Waals surface area contributed by atoms with Crippen LogP contribution >= 0.6 is 11.6 Å². The molecule has 1 aliphatic rings. The number of anilines is 1. The molecule has 156 valence electrons. The number of hydrogen-bond donors (Lipinski definition) is 1. The van der Waals surface area contributed by atoms with Crippen LogP contribution in [-0.4, -0.2) is 61.6 Å². The smallest absolute Gasteiger partial charge is 0.317 e. The summed E-state index contributed by atoms with van der Waals surface area (Å²) in [5, 5.41) is 3.91. The second-order valence-corrected chi connectivity index (χ2v) is 7.72. The summed E-state index contributed by atoms with van der Waals surface area (Å²) < 4.78 is 0. The van der Waals surface area contributed by atoms with E-state index in [2.05, 4.69) is 59.3 Å². The summed E-state index contributed by atoms with van der Waals surface area (Å²) in [4.78, 5) is 19.4. The van der Waals surface area contributed by atoms with Gasteiger partial charge in [-0.05, 0) is 36.9 Å². The van der Waals surface area contributed by atoms with E-state index in [1.807, 2.05) is 29.2 Å². The van der Waals surface area contributed by atoms with Gasteiger partial charge >= 0.3 is 6.03 Å². The van der Waals surface area contributed by atoms with Crippen molar-refractivity contribution in [2.45, 2.75) is 19.9 Å². The number of nitrogens with one attached hydrogen (secondary N) is 1. The van der Waals surface area contributed by atoms with E-state index in [0.717, 1.165) is 36.9 Å². The number of nitrogens with zero attached hydrogens (tertiary/aromatic N) is 3. The number of carbonyl (C=O) groups is 1. The van der Waals surface area contributed by atoms with Gasteiger partial charge in [0.25, 0.3) is 0 Å². The van der Waals surface area contributed by atoms with Crippen molar-refractivity contribution in [2.24, 2.45) is 0 Å². The fraction of sp³-hybridized carbons (Fsp3) is 0.435. The third-order valence-electron chi connectivity index (χ3n) is 5.62. The number of halogens is 1.